The van der Waals surface area contributed by atoms with Crippen LogP contribution in [0.1, 0.15) is 31.1 Å². The van der Waals surface area contributed by atoms with Crippen LogP contribution in [0.15, 0.2) is 18.3 Å². The highest BCUT2D eigenvalue weighted by Crippen LogP contribution is 2.13. The zero-order valence-corrected chi connectivity index (χ0v) is 11.5. The second-order valence-corrected chi connectivity index (χ2v) is 4.62. The molecule has 7 heteroatoms. The van der Waals surface area contributed by atoms with Crippen LogP contribution < -0.4 is 10.6 Å². The van der Waals surface area contributed by atoms with Gasteiger partial charge in [-0.1, -0.05) is 13.8 Å². The third kappa shape index (κ3) is 4.04. The standard InChI is InChI=1S/C13H17N3O4/c1-7(2)10(15-8(3)17)12(18)16-11-9(13(19)20)5-4-6-14-11/h4-7,10H,1-3H3,(H,15,17)(H,19,20)(H,14,16,18). The fraction of sp³-hybridized carbons (Fsp3) is 0.385. The van der Waals surface area contributed by atoms with E-state index in [0.717, 1.165) is 0 Å². The number of nitrogens with one attached hydrogen (secondary N) is 2. The summed E-state index contributed by atoms with van der Waals surface area (Å²) in [7, 11) is 0. The van der Waals surface area contributed by atoms with Gasteiger partial charge in [-0.25, -0.2) is 9.78 Å². The molecule has 0 saturated carbocycles. The van der Waals surface area contributed by atoms with Crippen LogP contribution in [0.5, 0.6) is 0 Å². The number of carbonyl (C=O) groups excluding carboxylic acids is 2. The van der Waals surface area contributed by atoms with Gasteiger partial charge in [-0.2, -0.15) is 0 Å². The van der Waals surface area contributed by atoms with Crippen molar-refractivity contribution in [3.63, 3.8) is 0 Å². The molecule has 0 aliphatic heterocycles. The van der Waals surface area contributed by atoms with Crippen LogP contribution in [0, 0.1) is 5.92 Å². The molecule has 1 unspecified atom stereocenters. The first-order valence-electron chi connectivity index (χ1n) is 6.09. The molecule has 0 radical (unpaired) electrons. The molecule has 0 aliphatic rings. The number of aromatic nitrogens is 1. The zero-order valence-electron chi connectivity index (χ0n) is 11.5. The summed E-state index contributed by atoms with van der Waals surface area (Å²) in [6.45, 7) is 4.86. The summed E-state index contributed by atoms with van der Waals surface area (Å²) in [5.74, 6) is -2.21. The number of hydrogen-bond acceptors (Lipinski definition) is 4. The number of aromatic carboxylic acids is 1. The van der Waals surface area contributed by atoms with E-state index < -0.39 is 17.9 Å². The minimum atomic E-state index is -1.19. The van der Waals surface area contributed by atoms with Crippen LogP contribution in [0.4, 0.5) is 5.82 Å². The van der Waals surface area contributed by atoms with E-state index in [4.69, 9.17) is 5.11 Å². The Morgan fingerprint density at radius 3 is 2.45 bits per heavy atom. The van der Waals surface area contributed by atoms with E-state index >= 15 is 0 Å². The molecule has 0 aliphatic carbocycles. The first-order valence-corrected chi connectivity index (χ1v) is 6.09. The van der Waals surface area contributed by atoms with Crippen molar-refractivity contribution in [3.05, 3.63) is 23.9 Å². The van der Waals surface area contributed by atoms with Gasteiger partial charge in [0.15, 0.2) is 0 Å². The summed E-state index contributed by atoms with van der Waals surface area (Å²) in [5, 5.41) is 14.0. The van der Waals surface area contributed by atoms with Crippen LogP contribution in [0.2, 0.25) is 0 Å². The fourth-order valence-corrected chi connectivity index (χ4v) is 1.63. The lowest BCUT2D eigenvalue weighted by atomic mass is 10.0. The molecule has 1 aromatic rings. The van der Waals surface area contributed by atoms with E-state index in [1.165, 1.54) is 25.3 Å². The summed E-state index contributed by atoms with van der Waals surface area (Å²) in [4.78, 5) is 38.1. The topological polar surface area (TPSA) is 108 Å². The van der Waals surface area contributed by atoms with E-state index in [2.05, 4.69) is 15.6 Å². The Balaban J connectivity index is 2.94. The Morgan fingerprint density at radius 2 is 1.95 bits per heavy atom. The molecule has 20 heavy (non-hydrogen) atoms. The van der Waals surface area contributed by atoms with Crippen molar-refractivity contribution in [2.45, 2.75) is 26.8 Å². The fourth-order valence-electron chi connectivity index (χ4n) is 1.63. The van der Waals surface area contributed by atoms with Crippen LogP contribution in [0.25, 0.3) is 0 Å². The molecule has 0 aromatic carbocycles. The molecule has 0 fully saturated rings. The number of carboxylic acid groups (broad SMARTS) is 1. The maximum Gasteiger partial charge on any atom is 0.339 e. The number of hydrogen-bond donors (Lipinski definition) is 3. The predicted molar refractivity (Wildman–Crippen MR) is 72.3 cm³/mol. The number of carboxylic acids is 1. The molecule has 108 valence electrons. The molecular weight excluding hydrogens is 262 g/mol. The van der Waals surface area contributed by atoms with Crippen molar-refractivity contribution in [1.29, 1.82) is 0 Å². The quantitative estimate of drug-likeness (QED) is 0.741. The summed E-state index contributed by atoms with van der Waals surface area (Å²) >= 11 is 0. The Morgan fingerprint density at radius 1 is 1.30 bits per heavy atom. The molecule has 1 heterocycles. The summed E-state index contributed by atoms with van der Waals surface area (Å²) < 4.78 is 0. The molecule has 1 atom stereocenters. The Kier molecular flexibility index (Phi) is 5.19. The third-order valence-electron chi connectivity index (χ3n) is 2.59. The van der Waals surface area contributed by atoms with Crippen LogP contribution in [0.3, 0.4) is 0 Å². The van der Waals surface area contributed by atoms with Crippen LogP contribution in [-0.2, 0) is 9.59 Å². The summed E-state index contributed by atoms with van der Waals surface area (Å²) in [6, 6.07) is 2.05. The lowest BCUT2D eigenvalue weighted by Gasteiger charge is -2.20. The second kappa shape index (κ2) is 6.65. The van der Waals surface area contributed by atoms with Gasteiger partial charge in [-0.05, 0) is 18.1 Å². The molecule has 0 spiro atoms. The highest BCUT2D eigenvalue weighted by atomic mass is 16.4. The normalized spacial score (nSPS) is 11.8. The van der Waals surface area contributed by atoms with Crippen molar-refractivity contribution >= 4 is 23.6 Å². The van der Waals surface area contributed by atoms with E-state index in [1.54, 1.807) is 13.8 Å². The molecule has 1 rings (SSSR count). The van der Waals surface area contributed by atoms with Gasteiger partial charge in [0.2, 0.25) is 11.8 Å². The number of carbonyl (C=O) groups is 3. The highest BCUT2D eigenvalue weighted by molar-refractivity contribution is 6.01. The smallest absolute Gasteiger partial charge is 0.339 e. The first kappa shape index (κ1) is 15.6. The van der Waals surface area contributed by atoms with Crippen molar-refractivity contribution < 1.29 is 19.5 Å². The number of amides is 2. The van der Waals surface area contributed by atoms with Crippen LogP contribution >= 0.6 is 0 Å². The zero-order chi connectivity index (χ0) is 15.3. The van der Waals surface area contributed by atoms with Gasteiger partial charge < -0.3 is 15.7 Å². The average Bonchev–Trinajstić information content (AvgIpc) is 2.35. The lowest BCUT2D eigenvalue weighted by Crippen LogP contribution is -2.46. The third-order valence-corrected chi connectivity index (χ3v) is 2.59. The molecule has 7 nitrogen and oxygen atoms in total. The van der Waals surface area contributed by atoms with Gasteiger partial charge in [-0.3, -0.25) is 9.59 Å². The monoisotopic (exact) mass is 279 g/mol. The summed E-state index contributed by atoms with van der Waals surface area (Å²) in [6.07, 6.45) is 1.38. The van der Waals surface area contributed by atoms with Crippen molar-refractivity contribution in [3.8, 4) is 0 Å². The molecular formula is C13H17N3O4. The van der Waals surface area contributed by atoms with Gasteiger partial charge in [0.05, 0.1) is 0 Å². The van der Waals surface area contributed by atoms with Gasteiger partial charge in [0.1, 0.15) is 17.4 Å². The Labute approximate surface area is 116 Å². The summed E-state index contributed by atoms with van der Waals surface area (Å²) in [5.41, 5.74) is -0.105. The van der Waals surface area contributed by atoms with Crippen LogP contribution in [-0.4, -0.2) is 33.9 Å². The van der Waals surface area contributed by atoms with Crippen molar-refractivity contribution in [2.24, 2.45) is 5.92 Å². The number of nitrogens with zero attached hydrogens (tertiary/aromatic N) is 1. The second-order valence-electron chi connectivity index (χ2n) is 4.62. The minimum Gasteiger partial charge on any atom is -0.478 e. The predicted octanol–water partition coefficient (Wildman–Crippen LogP) is 0.879. The highest BCUT2D eigenvalue weighted by Gasteiger charge is 2.24. The first-order chi connectivity index (χ1) is 9.32. The Hall–Kier alpha value is -2.44. The largest absolute Gasteiger partial charge is 0.478 e. The number of rotatable bonds is 5. The van der Waals surface area contributed by atoms with Crippen molar-refractivity contribution in [1.82, 2.24) is 10.3 Å². The maximum atomic E-state index is 12.1. The molecule has 1 aromatic heterocycles. The van der Waals surface area contributed by atoms with E-state index in [-0.39, 0.29) is 23.2 Å². The maximum absolute atomic E-state index is 12.1. The van der Waals surface area contributed by atoms with Gasteiger partial charge in [0, 0.05) is 13.1 Å². The molecule has 0 bridgehead atoms. The average molecular weight is 279 g/mol. The number of anilines is 1. The van der Waals surface area contributed by atoms with E-state index in [1.807, 2.05) is 0 Å². The molecule has 0 saturated heterocycles. The minimum absolute atomic E-state index is 0.0407. The number of pyridine rings is 1. The SMILES string of the molecule is CC(=O)NC(C(=O)Nc1ncccc1C(=O)O)C(C)C. The van der Waals surface area contributed by atoms with E-state index in [0.29, 0.717) is 0 Å². The van der Waals surface area contributed by atoms with Crippen molar-refractivity contribution in [2.75, 3.05) is 5.32 Å². The lowest BCUT2D eigenvalue weighted by molar-refractivity contribution is -0.126. The molecule has 3 N–H and O–H groups in total. The van der Waals surface area contributed by atoms with Gasteiger partial charge >= 0.3 is 5.97 Å². The molecule has 2 amide bonds. The van der Waals surface area contributed by atoms with E-state index in [9.17, 15) is 14.4 Å². The Bertz CT molecular complexity index is 528. The van der Waals surface area contributed by atoms with Gasteiger partial charge in [-0.15, -0.1) is 0 Å². The van der Waals surface area contributed by atoms with Gasteiger partial charge in [0.25, 0.3) is 0 Å².